The number of nitrogens with one attached hydrogen (secondary N) is 1. The van der Waals surface area contributed by atoms with Gasteiger partial charge in [-0.2, -0.15) is 0 Å². The largest absolute Gasteiger partial charge is 0.377 e. The third-order valence-corrected chi connectivity index (χ3v) is 5.36. The van der Waals surface area contributed by atoms with Crippen molar-refractivity contribution in [2.24, 2.45) is 0 Å². The highest BCUT2D eigenvalue weighted by Crippen LogP contribution is 2.26. The van der Waals surface area contributed by atoms with E-state index in [1.54, 1.807) is 11.8 Å². The maximum absolute atomic E-state index is 12.5. The standard InChI is InChI=1S/C20H23NO2S/c1-15-8-10-16(11-9-15)13-21-20(22)18-6-2-3-7-19(18)24-14-17-5-4-12-23-17/h2-3,6-11,17H,4-5,12-14H2,1H3,(H,21,22)/t17-/m1/s1. The van der Waals surface area contributed by atoms with Crippen LogP contribution in [0.2, 0.25) is 0 Å². The monoisotopic (exact) mass is 341 g/mol. The number of benzene rings is 2. The predicted octanol–water partition coefficient (Wildman–Crippen LogP) is 4.20. The Morgan fingerprint density at radius 1 is 1.21 bits per heavy atom. The average Bonchev–Trinajstić information content (AvgIpc) is 3.13. The fourth-order valence-corrected chi connectivity index (χ4v) is 3.84. The second kappa shape index (κ2) is 8.36. The molecule has 1 heterocycles. The Bertz CT molecular complexity index is 678. The molecule has 2 aromatic rings. The lowest BCUT2D eigenvalue weighted by molar-refractivity contribution is 0.0948. The van der Waals surface area contributed by atoms with Crippen LogP contribution in [0.3, 0.4) is 0 Å². The van der Waals surface area contributed by atoms with Crippen molar-refractivity contribution in [1.29, 1.82) is 0 Å². The third-order valence-electron chi connectivity index (χ3n) is 4.15. The zero-order chi connectivity index (χ0) is 16.8. The molecule has 3 rings (SSSR count). The van der Waals surface area contributed by atoms with Gasteiger partial charge in [0.15, 0.2) is 0 Å². The normalized spacial score (nSPS) is 17.0. The molecule has 4 heteroatoms. The summed E-state index contributed by atoms with van der Waals surface area (Å²) < 4.78 is 5.67. The van der Waals surface area contributed by atoms with Crippen molar-refractivity contribution in [2.75, 3.05) is 12.4 Å². The van der Waals surface area contributed by atoms with E-state index in [0.29, 0.717) is 12.6 Å². The molecule has 0 aliphatic carbocycles. The van der Waals surface area contributed by atoms with Gasteiger partial charge in [0, 0.05) is 23.8 Å². The van der Waals surface area contributed by atoms with Gasteiger partial charge in [-0.05, 0) is 37.5 Å². The Morgan fingerprint density at radius 3 is 2.75 bits per heavy atom. The van der Waals surface area contributed by atoms with Crippen molar-refractivity contribution in [1.82, 2.24) is 5.32 Å². The van der Waals surface area contributed by atoms with E-state index in [1.165, 1.54) is 5.56 Å². The number of hydrogen-bond acceptors (Lipinski definition) is 3. The topological polar surface area (TPSA) is 38.3 Å². The molecule has 0 aromatic heterocycles. The van der Waals surface area contributed by atoms with Crippen molar-refractivity contribution >= 4 is 17.7 Å². The number of amides is 1. The van der Waals surface area contributed by atoms with E-state index >= 15 is 0 Å². The van der Waals surface area contributed by atoms with Gasteiger partial charge in [-0.25, -0.2) is 0 Å². The molecular weight excluding hydrogens is 318 g/mol. The number of carbonyl (C=O) groups excluding carboxylic acids is 1. The molecule has 1 atom stereocenters. The van der Waals surface area contributed by atoms with Crippen LogP contribution in [0.1, 0.15) is 34.3 Å². The lowest BCUT2D eigenvalue weighted by atomic mass is 10.1. The average molecular weight is 341 g/mol. The second-order valence-electron chi connectivity index (χ2n) is 6.11. The molecule has 1 saturated heterocycles. The summed E-state index contributed by atoms with van der Waals surface area (Å²) in [6.45, 7) is 3.47. The molecule has 0 spiro atoms. The van der Waals surface area contributed by atoms with E-state index in [4.69, 9.17) is 4.74 Å². The minimum absolute atomic E-state index is 0.0222. The Labute approximate surface area is 147 Å². The lowest BCUT2D eigenvalue weighted by Gasteiger charge is -2.12. The summed E-state index contributed by atoms with van der Waals surface area (Å²) in [6, 6.07) is 16.0. The fraction of sp³-hybridized carbons (Fsp3) is 0.350. The molecule has 24 heavy (non-hydrogen) atoms. The zero-order valence-electron chi connectivity index (χ0n) is 14.0. The molecule has 0 bridgehead atoms. The Kier molecular flexibility index (Phi) is 5.94. The highest BCUT2D eigenvalue weighted by molar-refractivity contribution is 7.99. The molecule has 1 aliphatic heterocycles. The number of rotatable bonds is 6. The molecule has 1 aliphatic rings. The van der Waals surface area contributed by atoms with Crippen LogP contribution in [-0.2, 0) is 11.3 Å². The Balaban J connectivity index is 1.60. The van der Waals surface area contributed by atoms with E-state index in [2.05, 4.69) is 24.4 Å². The lowest BCUT2D eigenvalue weighted by Crippen LogP contribution is -2.23. The zero-order valence-corrected chi connectivity index (χ0v) is 14.8. The third kappa shape index (κ3) is 4.62. The van der Waals surface area contributed by atoms with Crippen molar-refractivity contribution in [3.8, 4) is 0 Å². The van der Waals surface area contributed by atoms with E-state index in [9.17, 15) is 4.79 Å². The summed E-state index contributed by atoms with van der Waals surface area (Å²) in [5.41, 5.74) is 3.08. The second-order valence-corrected chi connectivity index (χ2v) is 7.17. The first-order valence-electron chi connectivity index (χ1n) is 8.39. The minimum atomic E-state index is -0.0222. The van der Waals surface area contributed by atoms with E-state index in [0.717, 1.165) is 41.2 Å². The maximum Gasteiger partial charge on any atom is 0.252 e. The van der Waals surface area contributed by atoms with Gasteiger partial charge in [0.2, 0.25) is 0 Å². The number of aryl methyl sites for hydroxylation is 1. The van der Waals surface area contributed by atoms with Crippen LogP contribution in [0.5, 0.6) is 0 Å². The number of thioether (sulfide) groups is 1. The Hall–Kier alpha value is -1.78. The SMILES string of the molecule is Cc1ccc(CNC(=O)c2ccccc2SC[C@H]2CCCO2)cc1. The van der Waals surface area contributed by atoms with Gasteiger partial charge in [-0.1, -0.05) is 42.0 Å². The summed E-state index contributed by atoms with van der Waals surface area (Å²) in [6.07, 6.45) is 2.58. The fourth-order valence-electron chi connectivity index (χ4n) is 2.72. The van der Waals surface area contributed by atoms with Gasteiger partial charge < -0.3 is 10.1 Å². The highest BCUT2D eigenvalue weighted by Gasteiger charge is 2.17. The molecule has 0 radical (unpaired) electrons. The van der Waals surface area contributed by atoms with Gasteiger partial charge in [0.05, 0.1) is 11.7 Å². The van der Waals surface area contributed by atoms with Crippen LogP contribution in [0.15, 0.2) is 53.4 Å². The van der Waals surface area contributed by atoms with Gasteiger partial charge in [-0.15, -0.1) is 11.8 Å². The summed E-state index contributed by atoms with van der Waals surface area (Å²) >= 11 is 1.71. The molecule has 1 amide bonds. The van der Waals surface area contributed by atoms with Crippen molar-refractivity contribution in [3.63, 3.8) is 0 Å². The molecule has 126 valence electrons. The van der Waals surface area contributed by atoms with Crippen molar-refractivity contribution in [2.45, 2.75) is 37.3 Å². The summed E-state index contributed by atoms with van der Waals surface area (Å²) in [4.78, 5) is 13.6. The Morgan fingerprint density at radius 2 is 2.00 bits per heavy atom. The first kappa shape index (κ1) is 17.1. The van der Waals surface area contributed by atoms with Crippen LogP contribution in [0.4, 0.5) is 0 Å². The van der Waals surface area contributed by atoms with E-state index in [-0.39, 0.29) is 5.91 Å². The predicted molar refractivity (Wildman–Crippen MR) is 98.5 cm³/mol. The van der Waals surface area contributed by atoms with Crippen molar-refractivity contribution < 1.29 is 9.53 Å². The van der Waals surface area contributed by atoms with Gasteiger partial charge in [-0.3, -0.25) is 4.79 Å². The molecule has 0 unspecified atom stereocenters. The van der Waals surface area contributed by atoms with Crippen LogP contribution >= 0.6 is 11.8 Å². The molecule has 1 fully saturated rings. The molecule has 1 N–H and O–H groups in total. The first-order chi connectivity index (χ1) is 11.7. The first-order valence-corrected chi connectivity index (χ1v) is 9.38. The summed E-state index contributed by atoms with van der Waals surface area (Å²) in [5.74, 6) is 0.883. The van der Waals surface area contributed by atoms with Gasteiger partial charge in [0.25, 0.3) is 5.91 Å². The van der Waals surface area contributed by atoms with E-state index < -0.39 is 0 Å². The summed E-state index contributed by atoms with van der Waals surface area (Å²) in [5, 5.41) is 3.02. The minimum Gasteiger partial charge on any atom is -0.377 e. The summed E-state index contributed by atoms with van der Waals surface area (Å²) in [7, 11) is 0. The molecule has 2 aromatic carbocycles. The quantitative estimate of drug-likeness (QED) is 0.801. The van der Waals surface area contributed by atoms with Crippen LogP contribution in [0, 0.1) is 6.92 Å². The molecule has 3 nitrogen and oxygen atoms in total. The van der Waals surface area contributed by atoms with Crippen LogP contribution < -0.4 is 5.32 Å². The van der Waals surface area contributed by atoms with Crippen LogP contribution in [0.25, 0.3) is 0 Å². The molecule has 0 saturated carbocycles. The highest BCUT2D eigenvalue weighted by atomic mass is 32.2. The maximum atomic E-state index is 12.5. The van der Waals surface area contributed by atoms with Gasteiger partial charge >= 0.3 is 0 Å². The van der Waals surface area contributed by atoms with Crippen molar-refractivity contribution in [3.05, 3.63) is 65.2 Å². The van der Waals surface area contributed by atoms with Crippen LogP contribution in [-0.4, -0.2) is 24.4 Å². The number of ether oxygens (including phenoxy) is 1. The number of carbonyl (C=O) groups is 1. The van der Waals surface area contributed by atoms with E-state index in [1.807, 2.05) is 36.4 Å². The smallest absolute Gasteiger partial charge is 0.252 e. The molecular formula is C20H23NO2S. The van der Waals surface area contributed by atoms with Gasteiger partial charge in [0.1, 0.15) is 0 Å². The number of hydrogen-bond donors (Lipinski definition) is 1.